The number of likely N-dealkylation sites (tertiary alicyclic amines) is 1. The summed E-state index contributed by atoms with van der Waals surface area (Å²) in [5, 5.41) is 15.4. The van der Waals surface area contributed by atoms with Crippen LogP contribution in [0.4, 0.5) is 13.2 Å². The van der Waals surface area contributed by atoms with E-state index in [0.29, 0.717) is 19.0 Å². The van der Waals surface area contributed by atoms with Crippen LogP contribution in [-0.2, 0) is 19.4 Å². The number of aliphatic imine (C=N–C) groups is 1. The van der Waals surface area contributed by atoms with Crippen LogP contribution in [0.15, 0.2) is 4.99 Å². The van der Waals surface area contributed by atoms with E-state index in [1.807, 2.05) is 0 Å². The van der Waals surface area contributed by atoms with Crippen molar-refractivity contribution in [1.29, 1.82) is 0 Å². The second kappa shape index (κ2) is 11.7. The van der Waals surface area contributed by atoms with Crippen LogP contribution < -0.4 is 10.6 Å². The Morgan fingerprint density at radius 3 is 2.58 bits per heavy atom. The molecule has 3 rings (SSSR count). The van der Waals surface area contributed by atoms with E-state index < -0.39 is 12.7 Å². The molecule has 1 saturated heterocycles. The SMILES string of the molecule is CN=C(NCCCc1nnc2n1CCCCC2)NCCC1CCN(CC(F)(F)F)CC1. The summed E-state index contributed by atoms with van der Waals surface area (Å²) >= 11 is 0. The fourth-order valence-corrected chi connectivity index (χ4v) is 4.49. The maximum atomic E-state index is 12.5. The van der Waals surface area contributed by atoms with Gasteiger partial charge in [-0.3, -0.25) is 9.89 Å². The Morgan fingerprint density at radius 2 is 1.84 bits per heavy atom. The number of rotatable bonds is 8. The molecular formula is C21H36F3N7. The molecule has 0 unspecified atom stereocenters. The standard InChI is InChI=1S/C21H36F3N7/c1-25-20(27-12-8-17-9-14-30(15-10-17)16-21(22,23)24)26-11-5-7-19-29-28-18-6-3-2-4-13-31(18)19/h17H,2-16H2,1H3,(H2,25,26,27). The zero-order valence-corrected chi connectivity index (χ0v) is 18.6. The molecule has 3 heterocycles. The molecular weight excluding hydrogens is 407 g/mol. The fourth-order valence-electron chi connectivity index (χ4n) is 4.49. The van der Waals surface area contributed by atoms with Crippen molar-refractivity contribution in [2.45, 2.75) is 70.5 Å². The fraction of sp³-hybridized carbons (Fsp3) is 0.857. The number of halogens is 3. The highest BCUT2D eigenvalue weighted by Gasteiger charge is 2.32. The van der Waals surface area contributed by atoms with Gasteiger partial charge in [0, 0.05) is 39.5 Å². The number of guanidine groups is 1. The van der Waals surface area contributed by atoms with Gasteiger partial charge in [-0.05, 0) is 57.5 Å². The van der Waals surface area contributed by atoms with Crippen LogP contribution in [0.5, 0.6) is 0 Å². The van der Waals surface area contributed by atoms with Crippen molar-refractivity contribution in [2.24, 2.45) is 10.9 Å². The number of nitrogens with one attached hydrogen (secondary N) is 2. The Morgan fingerprint density at radius 1 is 1.06 bits per heavy atom. The summed E-state index contributed by atoms with van der Waals surface area (Å²) in [6.07, 6.45) is 5.05. The van der Waals surface area contributed by atoms with Gasteiger partial charge < -0.3 is 15.2 Å². The monoisotopic (exact) mass is 443 g/mol. The second-order valence-corrected chi connectivity index (χ2v) is 8.65. The number of nitrogens with zero attached hydrogens (tertiary/aromatic N) is 5. The number of aromatic nitrogens is 3. The van der Waals surface area contributed by atoms with Crippen molar-refractivity contribution < 1.29 is 13.2 Å². The topological polar surface area (TPSA) is 70.4 Å². The number of fused-ring (bicyclic) bond motifs is 1. The predicted molar refractivity (Wildman–Crippen MR) is 115 cm³/mol. The molecule has 0 saturated carbocycles. The van der Waals surface area contributed by atoms with Crippen molar-refractivity contribution in [3.05, 3.63) is 11.6 Å². The number of hydrogen-bond donors (Lipinski definition) is 2. The van der Waals surface area contributed by atoms with Crippen molar-refractivity contribution in [3.63, 3.8) is 0 Å². The summed E-state index contributed by atoms with van der Waals surface area (Å²) < 4.78 is 39.8. The van der Waals surface area contributed by atoms with E-state index in [2.05, 4.69) is 30.4 Å². The summed E-state index contributed by atoms with van der Waals surface area (Å²) in [7, 11) is 1.75. The molecule has 7 nitrogen and oxygen atoms in total. The van der Waals surface area contributed by atoms with Gasteiger partial charge in [-0.1, -0.05) is 6.42 Å². The number of aryl methyl sites for hydroxylation is 2. The molecule has 1 aromatic heterocycles. The molecule has 2 aliphatic heterocycles. The third-order valence-electron chi connectivity index (χ3n) is 6.23. The highest BCUT2D eigenvalue weighted by Crippen LogP contribution is 2.24. The van der Waals surface area contributed by atoms with Crippen LogP contribution in [0.3, 0.4) is 0 Å². The first-order chi connectivity index (χ1) is 14.9. The third-order valence-corrected chi connectivity index (χ3v) is 6.23. The average Bonchev–Trinajstić information content (AvgIpc) is 2.96. The summed E-state index contributed by atoms with van der Waals surface area (Å²) in [6, 6.07) is 0. The van der Waals surface area contributed by atoms with Gasteiger partial charge in [0.1, 0.15) is 11.6 Å². The minimum atomic E-state index is -4.10. The quantitative estimate of drug-likeness (QED) is 0.367. The lowest BCUT2D eigenvalue weighted by atomic mass is 9.93. The molecule has 0 aromatic carbocycles. The molecule has 2 N–H and O–H groups in total. The molecule has 0 amide bonds. The first kappa shape index (κ1) is 23.8. The number of alkyl halides is 3. The predicted octanol–water partition coefficient (Wildman–Crippen LogP) is 2.77. The Kier molecular flexibility index (Phi) is 8.98. The highest BCUT2D eigenvalue weighted by atomic mass is 19.4. The van der Waals surface area contributed by atoms with Gasteiger partial charge in [-0.15, -0.1) is 10.2 Å². The summed E-state index contributed by atoms with van der Waals surface area (Å²) in [6.45, 7) is 2.89. The molecule has 0 atom stereocenters. The van der Waals surface area contributed by atoms with Crippen molar-refractivity contribution in [1.82, 2.24) is 30.3 Å². The normalized spacial score (nSPS) is 19.2. The molecule has 1 fully saturated rings. The maximum Gasteiger partial charge on any atom is 0.401 e. The van der Waals surface area contributed by atoms with Crippen molar-refractivity contribution in [2.75, 3.05) is 39.8 Å². The Labute approximate surface area is 182 Å². The zero-order valence-electron chi connectivity index (χ0n) is 18.6. The summed E-state index contributed by atoms with van der Waals surface area (Å²) in [4.78, 5) is 5.78. The second-order valence-electron chi connectivity index (χ2n) is 8.65. The first-order valence-electron chi connectivity index (χ1n) is 11.6. The zero-order chi connectivity index (χ0) is 22.1. The van der Waals surface area contributed by atoms with Crippen LogP contribution in [0.25, 0.3) is 0 Å². The maximum absolute atomic E-state index is 12.5. The van der Waals surface area contributed by atoms with E-state index in [0.717, 1.165) is 75.8 Å². The van der Waals surface area contributed by atoms with Gasteiger partial charge in [-0.2, -0.15) is 13.2 Å². The van der Waals surface area contributed by atoms with Crippen LogP contribution in [-0.4, -0.2) is 71.6 Å². The van der Waals surface area contributed by atoms with Gasteiger partial charge in [0.15, 0.2) is 5.96 Å². The molecule has 0 radical (unpaired) electrons. The lowest BCUT2D eigenvalue weighted by Crippen LogP contribution is -2.41. The van der Waals surface area contributed by atoms with Gasteiger partial charge in [0.2, 0.25) is 0 Å². The van der Waals surface area contributed by atoms with Crippen LogP contribution in [0, 0.1) is 5.92 Å². The molecule has 176 valence electrons. The largest absolute Gasteiger partial charge is 0.401 e. The van der Waals surface area contributed by atoms with Gasteiger partial charge >= 0.3 is 6.18 Å². The van der Waals surface area contributed by atoms with Crippen LogP contribution in [0.1, 0.15) is 56.6 Å². The number of piperidine rings is 1. The Balaban J connectivity index is 1.28. The average molecular weight is 444 g/mol. The summed E-state index contributed by atoms with van der Waals surface area (Å²) in [5.74, 6) is 3.45. The first-order valence-corrected chi connectivity index (χ1v) is 11.6. The van der Waals surface area contributed by atoms with Gasteiger partial charge in [-0.25, -0.2) is 0 Å². The molecule has 2 aliphatic rings. The minimum absolute atomic E-state index is 0.471. The van der Waals surface area contributed by atoms with Crippen molar-refractivity contribution in [3.8, 4) is 0 Å². The molecule has 0 bridgehead atoms. The Hall–Kier alpha value is -1.84. The lowest BCUT2D eigenvalue weighted by molar-refractivity contribution is -0.148. The molecule has 10 heteroatoms. The highest BCUT2D eigenvalue weighted by molar-refractivity contribution is 5.79. The minimum Gasteiger partial charge on any atom is -0.356 e. The molecule has 0 spiro atoms. The van der Waals surface area contributed by atoms with Crippen molar-refractivity contribution >= 4 is 5.96 Å². The number of hydrogen-bond acceptors (Lipinski definition) is 4. The molecule has 0 aliphatic carbocycles. The van der Waals surface area contributed by atoms with E-state index in [1.165, 1.54) is 24.2 Å². The molecule has 31 heavy (non-hydrogen) atoms. The van der Waals surface area contributed by atoms with E-state index in [9.17, 15) is 13.2 Å². The summed E-state index contributed by atoms with van der Waals surface area (Å²) in [5.41, 5.74) is 0. The van der Waals surface area contributed by atoms with Crippen LogP contribution >= 0.6 is 0 Å². The van der Waals surface area contributed by atoms with Gasteiger partial charge in [0.25, 0.3) is 0 Å². The van der Waals surface area contributed by atoms with Crippen LogP contribution in [0.2, 0.25) is 0 Å². The van der Waals surface area contributed by atoms with E-state index in [-0.39, 0.29) is 0 Å². The van der Waals surface area contributed by atoms with E-state index in [4.69, 9.17) is 0 Å². The molecule has 1 aromatic rings. The third kappa shape index (κ3) is 7.97. The smallest absolute Gasteiger partial charge is 0.356 e. The van der Waals surface area contributed by atoms with E-state index >= 15 is 0 Å². The lowest BCUT2D eigenvalue weighted by Gasteiger charge is -2.32. The van der Waals surface area contributed by atoms with Gasteiger partial charge in [0.05, 0.1) is 6.54 Å². The van der Waals surface area contributed by atoms with E-state index in [1.54, 1.807) is 7.05 Å². The Bertz CT molecular complexity index is 694.